The van der Waals surface area contributed by atoms with Gasteiger partial charge in [-0.05, 0) is 60.5 Å². The van der Waals surface area contributed by atoms with Crippen LogP contribution in [0.3, 0.4) is 0 Å². The van der Waals surface area contributed by atoms with Gasteiger partial charge in [-0.15, -0.1) is 0 Å². The Hall–Kier alpha value is -1.81. The molecule has 0 fully saturated rings. The Balaban J connectivity index is 2.32. The molecule has 0 aliphatic carbocycles. The Morgan fingerprint density at radius 3 is 2.35 bits per heavy atom. The number of imidazole rings is 1. The quantitative estimate of drug-likeness (QED) is 0.724. The van der Waals surface area contributed by atoms with E-state index in [4.69, 9.17) is 10.7 Å². The SMILES string of the molecule is Cc1cc(C)cc(-c2nc3c(C)cc(Br)cn3c2N)c1. The molecule has 0 aliphatic rings. The zero-order valence-corrected chi connectivity index (χ0v) is 13.3. The van der Waals surface area contributed by atoms with Gasteiger partial charge in [-0.2, -0.15) is 0 Å². The number of hydrogen-bond acceptors (Lipinski definition) is 2. The molecule has 102 valence electrons. The minimum Gasteiger partial charge on any atom is -0.383 e. The van der Waals surface area contributed by atoms with Gasteiger partial charge in [0, 0.05) is 16.2 Å². The molecular formula is C16H16BrN3. The Kier molecular flexibility index (Phi) is 3.05. The number of halogens is 1. The molecule has 0 unspecified atom stereocenters. The topological polar surface area (TPSA) is 43.3 Å². The van der Waals surface area contributed by atoms with Crippen LogP contribution < -0.4 is 5.73 Å². The molecule has 4 heteroatoms. The Bertz CT molecular complexity index is 798. The standard InChI is InChI=1S/C16H16BrN3/c1-9-4-10(2)6-12(5-9)14-15(18)20-8-13(17)7-11(3)16(20)19-14/h4-8H,18H2,1-3H3. The molecule has 2 heterocycles. The zero-order chi connectivity index (χ0) is 14.4. The van der Waals surface area contributed by atoms with Crippen molar-refractivity contribution in [2.75, 3.05) is 5.73 Å². The van der Waals surface area contributed by atoms with Crippen LogP contribution in [0, 0.1) is 20.8 Å². The Morgan fingerprint density at radius 1 is 1.05 bits per heavy atom. The molecule has 0 bridgehead atoms. The second-order valence-electron chi connectivity index (χ2n) is 5.26. The summed E-state index contributed by atoms with van der Waals surface area (Å²) in [6.45, 7) is 6.21. The van der Waals surface area contributed by atoms with Gasteiger partial charge in [0.15, 0.2) is 0 Å². The van der Waals surface area contributed by atoms with Gasteiger partial charge < -0.3 is 5.73 Å². The number of anilines is 1. The van der Waals surface area contributed by atoms with Gasteiger partial charge in [-0.1, -0.05) is 17.2 Å². The van der Waals surface area contributed by atoms with Crippen LogP contribution >= 0.6 is 15.9 Å². The average Bonchev–Trinajstić information content (AvgIpc) is 2.66. The van der Waals surface area contributed by atoms with Crippen molar-refractivity contribution in [1.29, 1.82) is 0 Å². The van der Waals surface area contributed by atoms with Crippen LogP contribution in [0.15, 0.2) is 34.9 Å². The van der Waals surface area contributed by atoms with E-state index in [1.54, 1.807) is 0 Å². The molecule has 0 spiro atoms. The molecule has 3 aromatic rings. The van der Waals surface area contributed by atoms with E-state index in [2.05, 4.69) is 48.0 Å². The van der Waals surface area contributed by atoms with Crippen LogP contribution in [0.1, 0.15) is 16.7 Å². The van der Waals surface area contributed by atoms with Gasteiger partial charge in [0.25, 0.3) is 0 Å². The number of aromatic nitrogens is 2. The van der Waals surface area contributed by atoms with Crippen LogP contribution in [0.25, 0.3) is 16.9 Å². The normalized spacial score (nSPS) is 11.2. The molecule has 0 saturated heterocycles. The van der Waals surface area contributed by atoms with Crippen LogP contribution in [-0.4, -0.2) is 9.38 Å². The molecule has 1 aromatic carbocycles. The molecule has 2 aromatic heterocycles. The molecule has 0 atom stereocenters. The lowest BCUT2D eigenvalue weighted by atomic mass is 10.1. The fraction of sp³-hybridized carbons (Fsp3) is 0.188. The van der Waals surface area contributed by atoms with E-state index >= 15 is 0 Å². The fourth-order valence-electron chi connectivity index (χ4n) is 2.61. The van der Waals surface area contributed by atoms with Gasteiger partial charge in [-0.3, -0.25) is 4.40 Å². The number of pyridine rings is 1. The summed E-state index contributed by atoms with van der Waals surface area (Å²) in [4.78, 5) is 4.72. The highest BCUT2D eigenvalue weighted by atomic mass is 79.9. The van der Waals surface area contributed by atoms with Crippen LogP contribution in [0.5, 0.6) is 0 Å². The van der Waals surface area contributed by atoms with Crippen molar-refractivity contribution in [2.45, 2.75) is 20.8 Å². The van der Waals surface area contributed by atoms with Crippen molar-refractivity contribution in [1.82, 2.24) is 9.38 Å². The van der Waals surface area contributed by atoms with Crippen LogP contribution in [0.4, 0.5) is 5.82 Å². The highest BCUT2D eigenvalue weighted by Gasteiger charge is 2.13. The molecule has 2 N–H and O–H groups in total. The number of nitrogen functional groups attached to an aromatic ring is 1. The van der Waals surface area contributed by atoms with Crippen molar-refractivity contribution in [3.63, 3.8) is 0 Å². The van der Waals surface area contributed by atoms with Gasteiger partial charge in [-0.25, -0.2) is 4.98 Å². The third-order valence-corrected chi connectivity index (χ3v) is 3.84. The van der Waals surface area contributed by atoms with Crippen LogP contribution in [0.2, 0.25) is 0 Å². The van der Waals surface area contributed by atoms with E-state index in [1.807, 2.05) is 23.6 Å². The summed E-state index contributed by atoms with van der Waals surface area (Å²) in [6.07, 6.45) is 1.96. The lowest BCUT2D eigenvalue weighted by Gasteiger charge is -2.03. The molecule has 0 aliphatic heterocycles. The van der Waals surface area contributed by atoms with E-state index in [9.17, 15) is 0 Å². The zero-order valence-electron chi connectivity index (χ0n) is 11.7. The molecule has 3 nitrogen and oxygen atoms in total. The minimum atomic E-state index is 0.675. The predicted octanol–water partition coefficient (Wildman–Crippen LogP) is 4.27. The lowest BCUT2D eigenvalue weighted by Crippen LogP contribution is -1.95. The molecule has 20 heavy (non-hydrogen) atoms. The number of benzene rings is 1. The lowest BCUT2D eigenvalue weighted by molar-refractivity contribution is 1.16. The van der Waals surface area contributed by atoms with Gasteiger partial charge in [0.2, 0.25) is 0 Å². The van der Waals surface area contributed by atoms with E-state index in [0.717, 1.165) is 26.9 Å². The number of nitrogens with zero attached hydrogens (tertiary/aromatic N) is 2. The maximum Gasteiger partial charge on any atom is 0.142 e. The monoisotopic (exact) mass is 329 g/mol. The van der Waals surface area contributed by atoms with Crippen molar-refractivity contribution in [2.24, 2.45) is 0 Å². The number of rotatable bonds is 1. The van der Waals surface area contributed by atoms with E-state index in [1.165, 1.54) is 11.1 Å². The molecule has 3 rings (SSSR count). The number of aryl methyl sites for hydroxylation is 3. The summed E-state index contributed by atoms with van der Waals surface area (Å²) in [6, 6.07) is 8.44. The maximum absolute atomic E-state index is 6.29. The molecule has 0 radical (unpaired) electrons. The molecule has 0 amide bonds. The third-order valence-electron chi connectivity index (χ3n) is 3.40. The summed E-state index contributed by atoms with van der Waals surface area (Å²) >= 11 is 3.50. The summed E-state index contributed by atoms with van der Waals surface area (Å²) in [5.41, 5.74) is 12.6. The van der Waals surface area contributed by atoms with Gasteiger partial charge >= 0.3 is 0 Å². The smallest absolute Gasteiger partial charge is 0.142 e. The second-order valence-corrected chi connectivity index (χ2v) is 6.17. The molecule has 0 saturated carbocycles. The Labute approximate surface area is 126 Å². The Morgan fingerprint density at radius 2 is 1.70 bits per heavy atom. The van der Waals surface area contributed by atoms with E-state index in [-0.39, 0.29) is 0 Å². The minimum absolute atomic E-state index is 0.675. The van der Waals surface area contributed by atoms with E-state index in [0.29, 0.717) is 5.82 Å². The van der Waals surface area contributed by atoms with Gasteiger partial charge in [0.05, 0.1) is 0 Å². The number of fused-ring (bicyclic) bond motifs is 1. The second kappa shape index (κ2) is 4.63. The fourth-order valence-corrected chi connectivity index (χ4v) is 3.16. The van der Waals surface area contributed by atoms with Gasteiger partial charge in [0.1, 0.15) is 17.2 Å². The summed E-state index contributed by atoms with van der Waals surface area (Å²) in [7, 11) is 0. The summed E-state index contributed by atoms with van der Waals surface area (Å²) < 4.78 is 2.94. The largest absolute Gasteiger partial charge is 0.383 e. The van der Waals surface area contributed by atoms with Crippen LogP contribution in [-0.2, 0) is 0 Å². The first-order valence-corrected chi connectivity index (χ1v) is 7.27. The number of nitrogens with two attached hydrogens (primary N) is 1. The first-order chi connectivity index (χ1) is 9.45. The first kappa shape index (κ1) is 13.2. The first-order valence-electron chi connectivity index (χ1n) is 6.48. The number of hydrogen-bond donors (Lipinski definition) is 1. The van der Waals surface area contributed by atoms with Crippen molar-refractivity contribution in [3.05, 3.63) is 51.6 Å². The van der Waals surface area contributed by atoms with Crippen molar-refractivity contribution >= 4 is 27.4 Å². The van der Waals surface area contributed by atoms with E-state index < -0.39 is 0 Å². The summed E-state index contributed by atoms with van der Waals surface area (Å²) in [5.74, 6) is 0.675. The predicted molar refractivity (Wildman–Crippen MR) is 87.0 cm³/mol. The highest BCUT2D eigenvalue weighted by molar-refractivity contribution is 9.10. The maximum atomic E-state index is 6.29. The average molecular weight is 330 g/mol. The van der Waals surface area contributed by atoms with Crippen molar-refractivity contribution < 1.29 is 0 Å². The van der Waals surface area contributed by atoms with Crippen molar-refractivity contribution in [3.8, 4) is 11.3 Å². The highest BCUT2D eigenvalue weighted by Crippen LogP contribution is 2.30. The summed E-state index contributed by atoms with van der Waals surface area (Å²) in [5, 5.41) is 0. The third kappa shape index (κ3) is 2.10. The molecular weight excluding hydrogens is 314 g/mol.